The van der Waals surface area contributed by atoms with Crippen LogP contribution in [-0.4, -0.2) is 17.0 Å². The van der Waals surface area contributed by atoms with Crippen molar-refractivity contribution in [2.75, 3.05) is 0 Å². The van der Waals surface area contributed by atoms with E-state index in [1.54, 1.807) is 6.07 Å². The summed E-state index contributed by atoms with van der Waals surface area (Å²) in [4.78, 5) is 22.7. The average molecular weight is 257 g/mol. The summed E-state index contributed by atoms with van der Waals surface area (Å²) in [5.74, 6) is 0.764. The second-order valence-corrected chi connectivity index (χ2v) is 4.94. The van der Waals surface area contributed by atoms with E-state index in [2.05, 4.69) is 0 Å². The maximum atomic E-state index is 12.0. The monoisotopic (exact) mass is 257 g/mol. The van der Waals surface area contributed by atoms with Gasteiger partial charge >= 0.3 is 0 Å². The normalized spacial score (nSPS) is 14.6. The maximum Gasteiger partial charge on any atom is 0.251 e. The molecule has 0 unspecified atom stereocenters. The Labute approximate surface area is 110 Å². The van der Waals surface area contributed by atoms with Gasteiger partial charge in [0.2, 0.25) is 0 Å². The van der Waals surface area contributed by atoms with E-state index in [1.807, 2.05) is 25.1 Å². The lowest BCUT2D eigenvalue weighted by Gasteiger charge is -2.11. The summed E-state index contributed by atoms with van der Waals surface area (Å²) in [6, 6.07) is 7.28. The molecule has 0 amide bonds. The van der Waals surface area contributed by atoms with E-state index >= 15 is 0 Å². The molecule has 4 heteroatoms. The molecular formula is C15H15NO3. The number of hydrogen-bond acceptors (Lipinski definition) is 3. The van der Waals surface area contributed by atoms with Crippen molar-refractivity contribution in [1.29, 1.82) is 0 Å². The van der Waals surface area contributed by atoms with Crippen LogP contribution in [0, 0.1) is 6.92 Å². The summed E-state index contributed by atoms with van der Waals surface area (Å²) < 4.78 is 7.22. The molecule has 0 aliphatic heterocycles. The van der Waals surface area contributed by atoms with Gasteiger partial charge in [-0.1, -0.05) is 0 Å². The molecule has 0 atom stereocenters. The Balaban J connectivity index is 2.18. The quantitative estimate of drug-likeness (QED) is 0.788. The van der Waals surface area contributed by atoms with E-state index in [4.69, 9.17) is 4.74 Å². The van der Waals surface area contributed by atoms with Crippen molar-refractivity contribution in [2.45, 2.75) is 32.4 Å². The molecule has 1 aromatic carbocycles. The highest BCUT2D eigenvalue weighted by Gasteiger charge is 2.23. The second-order valence-electron chi connectivity index (χ2n) is 4.94. The number of aromatic nitrogens is 1. The molecule has 1 aliphatic rings. The van der Waals surface area contributed by atoms with Crippen LogP contribution in [0.25, 0.3) is 10.9 Å². The van der Waals surface area contributed by atoms with Crippen molar-refractivity contribution in [3.05, 3.63) is 40.2 Å². The molecule has 0 N–H and O–H groups in total. The third kappa shape index (κ3) is 2.26. The van der Waals surface area contributed by atoms with Gasteiger partial charge in [-0.3, -0.25) is 4.79 Å². The fourth-order valence-electron chi connectivity index (χ4n) is 2.24. The van der Waals surface area contributed by atoms with Gasteiger partial charge in [-0.25, -0.2) is 0 Å². The number of carbonyl (C=O) groups is 1. The predicted molar refractivity (Wildman–Crippen MR) is 72.7 cm³/mol. The van der Waals surface area contributed by atoms with E-state index in [0.29, 0.717) is 6.10 Å². The number of aldehydes is 1. The van der Waals surface area contributed by atoms with Crippen molar-refractivity contribution >= 4 is 17.2 Å². The third-order valence-electron chi connectivity index (χ3n) is 3.38. The number of nitrogens with zero attached hydrogens (tertiary/aromatic N) is 1. The smallest absolute Gasteiger partial charge is 0.251 e. The molecule has 1 saturated carbocycles. The molecule has 19 heavy (non-hydrogen) atoms. The van der Waals surface area contributed by atoms with Gasteiger partial charge in [0.05, 0.1) is 18.2 Å². The summed E-state index contributed by atoms with van der Waals surface area (Å²) in [6.45, 7) is 1.97. The van der Waals surface area contributed by atoms with Crippen LogP contribution in [0.5, 0.6) is 5.75 Å². The molecule has 0 spiro atoms. The van der Waals surface area contributed by atoms with Crippen LogP contribution in [0.3, 0.4) is 0 Å². The molecule has 1 heterocycles. The molecule has 3 rings (SSSR count). The van der Waals surface area contributed by atoms with E-state index in [-0.39, 0.29) is 12.1 Å². The minimum atomic E-state index is -0.152. The molecule has 1 aromatic heterocycles. The Kier molecular flexibility index (Phi) is 2.85. The zero-order chi connectivity index (χ0) is 13.4. The number of carbonyl (C=O) groups excluding carboxylic acids is 1. The van der Waals surface area contributed by atoms with Gasteiger partial charge in [0.15, 0.2) is 0 Å². The Morgan fingerprint density at radius 3 is 2.84 bits per heavy atom. The lowest BCUT2D eigenvalue weighted by atomic mass is 10.1. The van der Waals surface area contributed by atoms with Gasteiger partial charge < -0.3 is 14.1 Å². The lowest BCUT2D eigenvalue weighted by molar-refractivity contribution is -0.108. The standard InChI is InChI=1S/C15H15NO3/c1-10-8-15(18)16(6-7-17)14-9-12(4-5-13(10)14)19-11-2-3-11/h4-5,7-9,11H,2-3,6H2,1H3. The maximum absolute atomic E-state index is 12.0. The average Bonchev–Trinajstić information content (AvgIpc) is 3.18. The van der Waals surface area contributed by atoms with Gasteiger partial charge in [-0.2, -0.15) is 0 Å². The number of ether oxygens (including phenoxy) is 1. The lowest BCUT2D eigenvalue weighted by Crippen LogP contribution is -2.21. The highest BCUT2D eigenvalue weighted by atomic mass is 16.5. The first-order valence-corrected chi connectivity index (χ1v) is 6.43. The minimum absolute atomic E-state index is 0.0719. The van der Waals surface area contributed by atoms with E-state index in [9.17, 15) is 9.59 Å². The summed E-state index contributed by atoms with van der Waals surface area (Å²) in [6.07, 6.45) is 3.23. The van der Waals surface area contributed by atoms with Gasteiger partial charge in [0.25, 0.3) is 5.56 Å². The SMILES string of the molecule is Cc1cc(=O)n(CC=O)c2cc(OC3CC3)ccc12. The molecule has 0 saturated heterocycles. The first kappa shape index (κ1) is 12.0. The molecule has 98 valence electrons. The number of benzene rings is 1. The second kappa shape index (κ2) is 4.53. The molecule has 0 bridgehead atoms. The van der Waals surface area contributed by atoms with Crippen LogP contribution in [0.1, 0.15) is 18.4 Å². The van der Waals surface area contributed by atoms with E-state index in [1.165, 1.54) is 4.57 Å². The number of fused-ring (bicyclic) bond motifs is 1. The molecule has 2 aromatic rings. The zero-order valence-electron chi connectivity index (χ0n) is 10.8. The van der Waals surface area contributed by atoms with Crippen LogP contribution in [0.15, 0.2) is 29.1 Å². The minimum Gasteiger partial charge on any atom is -0.490 e. The summed E-state index contributed by atoms with van der Waals surface area (Å²) >= 11 is 0. The number of hydrogen-bond donors (Lipinski definition) is 0. The Morgan fingerprint density at radius 1 is 1.37 bits per heavy atom. The summed E-state index contributed by atoms with van der Waals surface area (Å²) in [5, 5.41) is 0.976. The van der Waals surface area contributed by atoms with Crippen LogP contribution < -0.4 is 10.3 Å². The Hall–Kier alpha value is -2.10. The van der Waals surface area contributed by atoms with Crippen molar-refractivity contribution in [3.63, 3.8) is 0 Å². The summed E-state index contributed by atoms with van der Waals surface area (Å²) in [5.41, 5.74) is 1.52. The fourth-order valence-corrected chi connectivity index (χ4v) is 2.24. The fraction of sp³-hybridized carbons (Fsp3) is 0.333. The van der Waals surface area contributed by atoms with Crippen molar-refractivity contribution in [1.82, 2.24) is 4.57 Å². The van der Waals surface area contributed by atoms with Gasteiger partial charge in [-0.05, 0) is 37.5 Å². The van der Waals surface area contributed by atoms with Crippen molar-refractivity contribution < 1.29 is 9.53 Å². The van der Waals surface area contributed by atoms with Crippen LogP contribution >= 0.6 is 0 Å². The van der Waals surface area contributed by atoms with Crippen molar-refractivity contribution in [2.24, 2.45) is 0 Å². The van der Waals surface area contributed by atoms with Crippen LogP contribution in [0.2, 0.25) is 0 Å². The highest BCUT2D eigenvalue weighted by Crippen LogP contribution is 2.29. The van der Waals surface area contributed by atoms with E-state index in [0.717, 1.165) is 41.3 Å². The van der Waals surface area contributed by atoms with Gasteiger partial charge in [-0.15, -0.1) is 0 Å². The van der Waals surface area contributed by atoms with Crippen LogP contribution in [0.4, 0.5) is 0 Å². The summed E-state index contributed by atoms with van der Waals surface area (Å²) in [7, 11) is 0. The van der Waals surface area contributed by atoms with Crippen molar-refractivity contribution in [3.8, 4) is 5.75 Å². The molecule has 1 aliphatic carbocycles. The number of rotatable bonds is 4. The Bertz CT molecular complexity index is 698. The number of pyridine rings is 1. The topological polar surface area (TPSA) is 48.3 Å². The predicted octanol–water partition coefficient (Wildman–Crippen LogP) is 2.05. The van der Waals surface area contributed by atoms with Crippen LogP contribution in [-0.2, 0) is 11.3 Å². The van der Waals surface area contributed by atoms with E-state index < -0.39 is 0 Å². The zero-order valence-corrected chi connectivity index (χ0v) is 10.8. The number of aryl methyl sites for hydroxylation is 1. The van der Waals surface area contributed by atoms with Gasteiger partial charge in [0, 0.05) is 17.5 Å². The molecular weight excluding hydrogens is 242 g/mol. The largest absolute Gasteiger partial charge is 0.490 e. The highest BCUT2D eigenvalue weighted by molar-refractivity contribution is 5.84. The molecule has 4 nitrogen and oxygen atoms in total. The third-order valence-corrected chi connectivity index (χ3v) is 3.38. The first-order valence-electron chi connectivity index (χ1n) is 6.43. The first-order chi connectivity index (χ1) is 9.19. The molecule has 1 fully saturated rings. The Morgan fingerprint density at radius 2 is 2.16 bits per heavy atom. The molecule has 0 radical (unpaired) electrons. The van der Waals surface area contributed by atoms with Gasteiger partial charge in [0.1, 0.15) is 12.0 Å².